The summed E-state index contributed by atoms with van der Waals surface area (Å²) in [6, 6.07) is 25.4. The average molecular weight is 389 g/mol. The number of hydrogen-bond acceptors (Lipinski definition) is 4. The van der Waals surface area contributed by atoms with Crippen molar-refractivity contribution < 1.29 is 19.5 Å². The van der Waals surface area contributed by atoms with Crippen LogP contribution in [0.4, 0.5) is 0 Å². The molecule has 0 aliphatic heterocycles. The highest BCUT2D eigenvalue weighted by Gasteiger charge is 2.09. The number of ether oxygens (including phenoxy) is 1. The highest BCUT2D eigenvalue weighted by atomic mass is 16.6. The molecule has 148 valence electrons. The molecule has 0 aliphatic rings. The van der Waals surface area contributed by atoms with Crippen LogP contribution in [0.2, 0.25) is 0 Å². The van der Waals surface area contributed by atoms with Gasteiger partial charge in [-0.05, 0) is 35.7 Å². The van der Waals surface area contributed by atoms with E-state index in [1.807, 2.05) is 78.9 Å². The quantitative estimate of drug-likeness (QED) is 0.426. The Morgan fingerprint density at radius 3 is 2.31 bits per heavy atom. The molecule has 0 aliphatic carbocycles. The summed E-state index contributed by atoms with van der Waals surface area (Å²) in [5.41, 5.74) is 4.67. The van der Waals surface area contributed by atoms with Crippen molar-refractivity contribution in [3.63, 3.8) is 0 Å². The van der Waals surface area contributed by atoms with Crippen LogP contribution in [0.25, 0.3) is 0 Å². The van der Waals surface area contributed by atoms with Gasteiger partial charge in [-0.15, -0.1) is 0 Å². The molecular formula is C24H23NO4. The van der Waals surface area contributed by atoms with Gasteiger partial charge in [0.25, 0.3) is 0 Å². The molecule has 5 heteroatoms. The molecular weight excluding hydrogens is 366 g/mol. The van der Waals surface area contributed by atoms with Gasteiger partial charge in [0, 0.05) is 17.5 Å². The molecule has 0 radical (unpaired) electrons. The monoisotopic (exact) mass is 389 g/mol. The van der Waals surface area contributed by atoms with Crippen molar-refractivity contribution in [1.29, 1.82) is 0 Å². The number of benzene rings is 3. The molecule has 29 heavy (non-hydrogen) atoms. The molecule has 0 fully saturated rings. The molecule has 0 heterocycles. The van der Waals surface area contributed by atoms with E-state index >= 15 is 0 Å². The molecule has 0 atom stereocenters. The van der Waals surface area contributed by atoms with Gasteiger partial charge in [-0.2, -0.15) is 0 Å². The third-order valence-corrected chi connectivity index (χ3v) is 4.39. The molecule has 3 aromatic carbocycles. The summed E-state index contributed by atoms with van der Waals surface area (Å²) in [4.78, 5) is 15.7. The Balaban J connectivity index is 1.68. The number of carboxylic acid groups (broad SMARTS) is 1. The second kappa shape index (κ2) is 10.1. The van der Waals surface area contributed by atoms with Gasteiger partial charge in [0.2, 0.25) is 0 Å². The van der Waals surface area contributed by atoms with Crippen LogP contribution in [0.3, 0.4) is 0 Å². The maximum Gasteiger partial charge on any atom is 0.303 e. The summed E-state index contributed by atoms with van der Waals surface area (Å²) in [6.07, 6.45) is 0.637. The van der Waals surface area contributed by atoms with Gasteiger partial charge in [0.1, 0.15) is 25.2 Å². The summed E-state index contributed by atoms with van der Waals surface area (Å²) in [6.45, 7) is 0.414. The topological polar surface area (TPSA) is 68.1 Å². The minimum atomic E-state index is -0.794. The molecule has 0 amide bonds. The van der Waals surface area contributed by atoms with E-state index in [9.17, 15) is 4.79 Å². The first-order valence-electron chi connectivity index (χ1n) is 9.35. The first kappa shape index (κ1) is 20.1. The lowest BCUT2D eigenvalue weighted by atomic mass is 10.0. The van der Waals surface area contributed by atoms with Crippen molar-refractivity contribution in [2.24, 2.45) is 5.16 Å². The first-order chi connectivity index (χ1) is 14.2. The van der Waals surface area contributed by atoms with Gasteiger partial charge in [-0.3, -0.25) is 4.79 Å². The number of carboxylic acids is 1. The van der Waals surface area contributed by atoms with Crippen LogP contribution in [0.5, 0.6) is 5.75 Å². The fraction of sp³-hybridized carbons (Fsp3) is 0.167. The average Bonchev–Trinajstić information content (AvgIpc) is 2.76. The van der Waals surface area contributed by atoms with E-state index in [1.165, 1.54) is 7.11 Å². The van der Waals surface area contributed by atoms with E-state index in [2.05, 4.69) is 5.16 Å². The van der Waals surface area contributed by atoms with Crippen molar-refractivity contribution >= 4 is 11.7 Å². The van der Waals surface area contributed by atoms with E-state index in [-0.39, 0.29) is 6.42 Å². The molecule has 1 N–H and O–H groups in total. The predicted octanol–water partition coefficient (Wildman–Crippen LogP) is 4.68. The molecule has 0 saturated carbocycles. The molecule has 0 saturated heterocycles. The Bertz CT molecular complexity index is 966. The van der Waals surface area contributed by atoms with Crippen LogP contribution in [-0.2, 0) is 22.7 Å². The van der Waals surface area contributed by atoms with Crippen LogP contribution >= 0.6 is 0 Å². The summed E-state index contributed by atoms with van der Waals surface area (Å²) >= 11 is 0. The summed E-state index contributed by atoms with van der Waals surface area (Å²) in [5.74, 6) is -0.0552. The van der Waals surface area contributed by atoms with E-state index in [4.69, 9.17) is 14.7 Å². The predicted molar refractivity (Wildman–Crippen MR) is 112 cm³/mol. The number of hydrogen-bond donors (Lipinski definition) is 1. The Labute approximate surface area is 170 Å². The summed E-state index contributed by atoms with van der Waals surface area (Å²) in [7, 11) is 1.54. The summed E-state index contributed by atoms with van der Waals surface area (Å²) < 4.78 is 5.89. The van der Waals surface area contributed by atoms with Crippen molar-refractivity contribution in [2.75, 3.05) is 7.11 Å². The Morgan fingerprint density at radius 1 is 0.897 bits per heavy atom. The zero-order valence-electron chi connectivity index (χ0n) is 16.2. The molecule has 0 aromatic heterocycles. The molecule has 3 rings (SSSR count). The Kier molecular flexibility index (Phi) is 7.00. The lowest BCUT2D eigenvalue weighted by Gasteiger charge is -2.10. The standard InChI is InChI=1S/C24H23NO4/c1-28-25-24(20-7-3-2-4-8-20)21-9-5-6-19(16-21)17-29-22-13-10-18(11-14-22)12-15-23(26)27/h2-11,13-14,16H,12,15,17H2,1H3,(H,26,27). The normalized spacial score (nSPS) is 11.1. The highest BCUT2D eigenvalue weighted by molar-refractivity contribution is 6.12. The number of carbonyl (C=O) groups is 1. The summed E-state index contributed by atoms with van der Waals surface area (Å²) in [5, 5.41) is 13.0. The fourth-order valence-corrected chi connectivity index (χ4v) is 2.94. The SMILES string of the molecule is CON=C(c1ccccc1)c1cccc(COc2ccc(CCC(=O)O)cc2)c1. The van der Waals surface area contributed by atoms with Crippen molar-refractivity contribution in [2.45, 2.75) is 19.4 Å². The van der Waals surface area contributed by atoms with Crippen LogP contribution < -0.4 is 4.74 Å². The number of rotatable bonds is 9. The Morgan fingerprint density at radius 2 is 1.62 bits per heavy atom. The van der Waals surface area contributed by atoms with Gasteiger partial charge in [0.05, 0.1) is 0 Å². The minimum absolute atomic E-state index is 0.125. The number of nitrogens with zero attached hydrogens (tertiary/aromatic N) is 1. The van der Waals surface area contributed by atoms with E-state index in [0.717, 1.165) is 33.7 Å². The Hall–Kier alpha value is -3.60. The highest BCUT2D eigenvalue weighted by Crippen LogP contribution is 2.17. The van der Waals surface area contributed by atoms with Gasteiger partial charge in [-0.25, -0.2) is 0 Å². The van der Waals surface area contributed by atoms with Crippen LogP contribution in [0.1, 0.15) is 28.7 Å². The van der Waals surface area contributed by atoms with E-state index in [0.29, 0.717) is 13.0 Å². The van der Waals surface area contributed by atoms with Crippen LogP contribution in [0, 0.1) is 0 Å². The third-order valence-electron chi connectivity index (χ3n) is 4.39. The van der Waals surface area contributed by atoms with Crippen LogP contribution in [0.15, 0.2) is 84.0 Å². The lowest BCUT2D eigenvalue weighted by Crippen LogP contribution is -2.05. The van der Waals surface area contributed by atoms with Gasteiger partial charge in [-0.1, -0.05) is 65.8 Å². The number of aryl methyl sites for hydroxylation is 1. The van der Waals surface area contributed by atoms with E-state index < -0.39 is 5.97 Å². The molecule has 0 bridgehead atoms. The van der Waals surface area contributed by atoms with E-state index in [1.54, 1.807) is 0 Å². The second-order valence-corrected chi connectivity index (χ2v) is 6.52. The maximum atomic E-state index is 10.7. The molecule has 0 unspecified atom stereocenters. The molecule has 5 nitrogen and oxygen atoms in total. The second-order valence-electron chi connectivity index (χ2n) is 6.52. The van der Waals surface area contributed by atoms with Crippen molar-refractivity contribution in [3.05, 3.63) is 101 Å². The third kappa shape index (κ3) is 5.94. The number of oxime groups is 1. The smallest absolute Gasteiger partial charge is 0.303 e. The van der Waals surface area contributed by atoms with Gasteiger partial charge >= 0.3 is 5.97 Å². The molecule has 0 spiro atoms. The number of aliphatic carboxylic acids is 1. The zero-order chi connectivity index (χ0) is 20.5. The zero-order valence-corrected chi connectivity index (χ0v) is 16.2. The largest absolute Gasteiger partial charge is 0.489 e. The van der Waals surface area contributed by atoms with Gasteiger partial charge in [0.15, 0.2) is 0 Å². The fourth-order valence-electron chi connectivity index (χ4n) is 2.94. The maximum absolute atomic E-state index is 10.7. The minimum Gasteiger partial charge on any atom is -0.489 e. The lowest BCUT2D eigenvalue weighted by molar-refractivity contribution is -0.136. The van der Waals surface area contributed by atoms with Crippen molar-refractivity contribution in [1.82, 2.24) is 0 Å². The van der Waals surface area contributed by atoms with Gasteiger partial charge < -0.3 is 14.7 Å². The molecule has 3 aromatic rings. The first-order valence-corrected chi connectivity index (χ1v) is 9.35. The van der Waals surface area contributed by atoms with Crippen LogP contribution in [-0.4, -0.2) is 23.9 Å². The van der Waals surface area contributed by atoms with Crippen molar-refractivity contribution in [3.8, 4) is 5.75 Å².